The third-order valence-electron chi connectivity index (χ3n) is 4.14. The first-order valence-corrected chi connectivity index (χ1v) is 8.15. The minimum absolute atomic E-state index is 0.00343. The first-order valence-electron chi connectivity index (χ1n) is 6.93. The van der Waals surface area contributed by atoms with E-state index < -0.39 is 16.4 Å². The summed E-state index contributed by atoms with van der Waals surface area (Å²) in [4.78, 5) is 23.2. The van der Waals surface area contributed by atoms with Crippen LogP contribution in [-0.2, 0) is 18.3 Å². The van der Waals surface area contributed by atoms with Gasteiger partial charge in [0.05, 0.1) is 4.92 Å². The van der Waals surface area contributed by atoms with Gasteiger partial charge in [-0.15, -0.1) is 11.8 Å². The number of hydrogen-bond acceptors (Lipinski definition) is 5. The van der Waals surface area contributed by atoms with E-state index in [0.29, 0.717) is 10.9 Å². The normalized spacial score (nSPS) is 14.0. The molecule has 0 aliphatic carbocycles. The third kappa shape index (κ3) is 2.79. The summed E-state index contributed by atoms with van der Waals surface area (Å²) in [6.07, 6.45) is 1.98. The SMILES string of the molecule is CSc1ccc([N+](=O)[O-])c2c1c(CC(C)(N)C(=O)O)c(C)n2C. The molecule has 0 aliphatic rings. The molecule has 3 N–H and O–H groups in total. The first-order chi connectivity index (χ1) is 10.6. The number of fused-ring (bicyclic) bond motifs is 1. The molecule has 7 nitrogen and oxygen atoms in total. The Morgan fingerprint density at radius 3 is 2.61 bits per heavy atom. The van der Waals surface area contributed by atoms with Crippen molar-refractivity contribution in [3.05, 3.63) is 33.5 Å². The number of aliphatic carboxylic acids is 1. The minimum atomic E-state index is -1.45. The Kier molecular flexibility index (Phi) is 4.41. The number of aromatic nitrogens is 1. The van der Waals surface area contributed by atoms with Gasteiger partial charge in [0, 0.05) is 35.5 Å². The number of rotatable bonds is 5. The maximum atomic E-state index is 11.4. The Morgan fingerprint density at radius 1 is 1.52 bits per heavy atom. The number of nitro benzene ring substituents is 1. The maximum Gasteiger partial charge on any atom is 0.323 e. The lowest BCUT2D eigenvalue weighted by Crippen LogP contribution is -2.46. The van der Waals surface area contributed by atoms with Crippen LogP contribution in [0, 0.1) is 17.0 Å². The summed E-state index contributed by atoms with van der Waals surface area (Å²) in [7, 11) is 1.74. The smallest absolute Gasteiger partial charge is 0.323 e. The molecule has 0 radical (unpaired) electrons. The molecule has 0 spiro atoms. The fourth-order valence-electron chi connectivity index (χ4n) is 2.72. The molecule has 2 rings (SSSR count). The fraction of sp³-hybridized carbons (Fsp3) is 0.400. The number of aryl methyl sites for hydroxylation is 1. The molecular weight excluding hydrogens is 318 g/mol. The van der Waals surface area contributed by atoms with E-state index in [1.165, 1.54) is 24.8 Å². The van der Waals surface area contributed by atoms with Crippen LogP contribution in [0.4, 0.5) is 5.69 Å². The van der Waals surface area contributed by atoms with Crippen molar-refractivity contribution < 1.29 is 14.8 Å². The highest BCUT2D eigenvalue weighted by molar-refractivity contribution is 7.98. The van der Waals surface area contributed by atoms with E-state index in [4.69, 9.17) is 5.73 Å². The third-order valence-corrected chi connectivity index (χ3v) is 4.92. The van der Waals surface area contributed by atoms with Gasteiger partial charge in [0.2, 0.25) is 0 Å². The number of thioether (sulfide) groups is 1. The second-order valence-corrected chi connectivity index (χ2v) is 6.64. The van der Waals surface area contributed by atoms with Gasteiger partial charge in [-0.25, -0.2) is 0 Å². The molecule has 23 heavy (non-hydrogen) atoms. The van der Waals surface area contributed by atoms with Gasteiger partial charge >= 0.3 is 5.97 Å². The zero-order valence-corrected chi connectivity index (χ0v) is 14.2. The quantitative estimate of drug-likeness (QED) is 0.492. The summed E-state index contributed by atoms with van der Waals surface area (Å²) in [6, 6.07) is 3.18. The summed E-state index contributed by atoms with van der Waals surface area (Å²) in [6.45, 7) is 3.27. The predicted octanol–water partition coefficient (Wildman–Crippen LogP) is 2.46. The van der Waals surface area contributed by atoms with Crippen molar-refractivity contribution in [2.45, 2.75) is 30.7 Å². The van der Waals surface area contributed by atoms with E-state index in [1.807, 2.05) is 13.2 Å². The molecule has 1 aromatic heterocycles. The number of hydrogen-bond donors (Lipinski definition) is 2. The number of nitrogens with two attached hydrogens (primary N) is 1. The number of nitrogens with zero attached hydrogens (tertiary/aromatic N) is 2. The summed E-state index contributed by atoms with van der Waals surface area (Å²) in [5.41, 5.74) is 6.47. The van der Waals surface area contributed by atoms with Crippen molar-refractivity contribution in [3.8, 4) is 0 Å². The fourth-order valence-corrected chi connectivity index (χ4v) is 3.35. The number of carboxylic acid groups (broad SMARTS) is 1. The van der Waals surface area contributed by atoms with E-state index in [0.717, 1.165) is 16.2 Å². The van der Waals surface area contributed by atoms with Gasteiger partial charge in [-0.05, 0) is 31.7 Å². The van der Waals surface area contributed by atoms with Crippen molar-refractivity contribution in [2.24, 2.45) is 12.8 Å². The van der Waals surface area contributed by atoms with Crippen LogP contribution in [-0.4, -0.2) is 32.4 Å². The molecule has 2 aromatic rings. The van der Waals surface area contributed by atoms with Crippen LogP contribution in [0.3, 0.4) is 0 Å². The van der Waals surface area contributed by atoms with E-state index in [1.54, 1.807) is 17.7 Å². The number of carbonyl (C=O) groups is 1. The van der Waals surface area contributed by atoms with Crippen LogP contribution in [0.5, 0.6) is 0 Å². The molecule has 124 valence electrons. The van der Waals surface area contributed by atoms with Crippen LogP contribution >= 0.6 is 11.8 Å². The summed E-state index contributed by atoms with van der Waals surface area (Å²) >= 11 is 1.47. The molecule has 0 bridgehead atoms. The number of nitro groups is 1. The molecule has 1 atom stereocenters. The molecule has 0 amide bonds. The van der Waals surface area contributed by atoms with Crippen LogP contribution in [0.2, 0.25) is 0 Å². The van der Waals surface area contributed by atoms with Crippen LogP contribution in [0.15, 0.2) is 17.0 Å². The van der Waals surface area contributed by atoms with E-state index in [9.17, 15) is 20.0 Å². The highest BCUT2D eigenvalue weighted by atomic mass is 32.2. The number of carboxylic acids is 1. The van der Waals surface area contributed by atoms with Gasteiger partial charge < -0.3 is 15.4 Å². The standard InChI is InChI=1S/C15H19N3O4S/c1-8-9(7-15(2,16)14(19)20)12-11(23-4)6-5-10(18(21)22)13(12)17(8)3/h5-6H,7,16H2,1-4H3,(H,19,20). The van der Waals surface area contributed by atoms with Gasteiger partial charge in [-0.3, -0.25) is 14.9 Å². The average molecular weight is 337 g/mol. The molecular formula is C15H19N3O4S. The number of non-ortho nitro benzene ring substituents is 1. The van der Waals surface area contributed by atoms with Crippen molar-refractivity contribution in [3.63, 3.8) is 0 Å². The lowest BCUT2D eigenvalue weighted by Gasteiger charge is -2.19. The van der Waals surface area contributed by atoms with Crippen LogP contribution in [0.25, 0.3) is 10.9 Å². The Bertz CT molecular complexity index is 811. The Morgan fingerprint density at radius 2 is 2.13 bits per heavy atom. The highest BCUT2D eigenvalue weighted by Gasteiger charge is 2.32. The second-order valence-electron chi connectivity index (χ2n) is 5.79. The first kappa shape index (κ1) is 17.3. The Balaban J connectivity index is 2.85. The largest absolute Gasteiger partial charge is 0.480 e. The second kappa shape index (κ2) is 5.86. The molecule has 1 heterocycles. The minimum Gasteiger partial charge on any atom is -0.480 e. The molecule has 0 fully saturated rings. The van der Waals surface area contributed by atoms with Gasteiger partial charge in [-0.1, -0.05) is 0 Å². The van der Waals surface area contributed by atoms with Crippen molar-refractivity contribution in [2.75, 3.05) is 6.26 Å². The lowest BCUT2D eigenvalue weighted by molar-refractivity contribution is -0.383. The maximum absolute atomic E-state index is 11.4. The molecule has 0 saturated carbocycles. The van der Waals surface area contributed by atoms with E-state index in [2.05, 4.69) is 0 Å². The molecule has 1 unspecified atom stereocenters. The molecule has 8 heteroatoms. The van der Waals surface area contributed by atoms with E-state index >= 15 is 0 Å². The van der Waals surface area contributed by atoms with Crippen LogP contribution in [0.1, 0.15) is 18.2 Å². The predicted molar refractivity (Wildman–Crippen MR) is 90.0 cm³/mol. The van der Waals surface area contributed by atoms with Gasteiger partial charge in [0.25, 0.3) is 5.69 Å². The molecule has 1 aromatic carbocycles. The monoisotopic (exact) mass is 337 g/mol. The Hall–Kier alpha value is -2.06. The zero-order valence-electron chi connectivity index (χ0n) is 13.4. The van der Waals surface area contributed by atoms with Gasteiger partial charge in [0.1, 0.15) is 11.1 Å². The molecule has 0 aliphatic heterocycles. The lowest BCUT2D eigenvalue weighted by atomic mass is 9.92. The van der Waals surface area contributed by atoms with Gasteiger partial charge in [0.15, 0.2) is 0 Å². The average Bonchev–Trinajstić information content (AvgIpc) is 2.71. The topological polar surface area (TPSA) is 111 Å². The van der Waals surface area contributed by atoms with Gasteiger partial charge in [-0.2, -0.15) is 0 Å². The number of benzene rings is 1. The summed E-state index contributed by atoms with van der Waals surface area (Å²) in [5.74, 6) is -1.11. The van der Waals surface area contributed by atoms with E-state index in [-0.39, 0.29) is 12.1 Å². The summed E-state index contributed by atoms with van der Waals surface area (Å²) in [5, 5.41) is 21.4. The van der Waals surface area contributed by atoms with Crippen LogP contribution < -0.4 is 5.73 Å². The van der Waals surface area contributed by atoms with Crippen molar-refractivity contribution in [1.82, 2.24) is 4.57 Å². The Labute approximate surface area is 137 Å². The van der Waals surface area contributed by atoms with Crippen molar-refractivity contribution >= 4 is 34.3 Å². The molecule has 0 saturated heterocycles. The van der Waals surface area contributed by atoms with Crippen molar-refractivity contribution in [1.29, 1.82) is 0 Å². The highest BCUT2D eigenvalue weighted by Crippen LogP contribution is 2.39. The summed E-state index contributed by atoms with van der Waals surface area (Å²) < 4.78 is 1.74. The zero-order chi connectivity index (χ0) is 17.5.